The van der Waals surface area contributed by atoms with Crippen molar-refractivity contribution in [2.24, 2.45) is 4.99 Å². The predicted octanol–water partition coefficient (Wildman–Crippen LogP) is 1.22. The molecule has 1 radical (unpaired) electrons. The molecule has 0 aliphatic carbocycles. The largest absolute Gasteiger partial charge is 0.289 e. The zero-order valence-electron chi connectivity index (χ0n) is 6.03. The van der Waals surface area contributed by atoms with Gasteiger partial charge in [0, 0.05) is 6.21 Å². The third kappa shape index (κ3) is 2.76. The highest BCUT2D eigenvalue weighted by Gasteiger charge is 1.81. The Kier molecular flexibility index (Phi) is 3.06. The van der Waals surface area contributed by atoms with Gasteiger partial charge in [0.05, 0.1) is 0 Å². The van der Waals surface area contributed by atoms with Crippen molar-refractivity contribution in [2.45, 2.75) is 0 Å². The van der Waals surface area contributed by atoms with Crippen LogP contribution in [0, 0.1) is 0 Å². The van der Waals surface area contributed by atoms with Crippen LogP contribution in [0.15, 0.2) is 35.3 Å². The Balaban J connectivity index is 2.57. The summed E-state index contributed by atoms with van der Waals surface area (Å²) in [5.41, 5.74) is 1.00. The maximum absolute atomic E-state index is 9.76. The fourth-order valence-electron chi connectivity index (χ4n) is 0.727. The number of aliphatic imine (C=N–C) groups is 1. The van der Waals surface area contributed by atoms with E-state index in [0.29, 0.717) is 0 Å². The summed E-state index contributed by atoms with van der Waals surface area (Å²) in [4.78, 5) is 13.6. The second kappa shape index (κ2) is 4.39. The maximum atomic E-state index is 9.76. The van der Waals surface area contributed by atoms with Crippen molar-refractivity contribution < 1.29 is 4.79 Å². The molecule has 0 saturated carbocycles. The summed E-state index contributed by atoms with van der Waals surface area (Å²) in [5.74, 6) is 0. The summed E-state index contributed by atoms with van der Waals surface area (Å²) in [6.45, 7) is 0.120. The second-order valence-electron chi connectivity index (χ2n) is 2.02. The predicted molar refractivity (Wildman–Crippen MR) is 44.6 cm³/mol. The van der Waals surface area contributed by atoms with E-state index >= 15 is 0 Å². The van der Waals surface area contributed by atoms with Crippen molar-refractivity contribution in [3.8, 4) is 0 Å². The van der Waals surface area contributed by atoms with Gasteiger partial charge in [-0.05, 0) is 5.56 Å². The van der Waals surface area contributed by atoms with Crippen molar-refractivity contribution in [2.75, 3.05) is 6.54 Å². The molecular weight excluding hydrogens is 138 g/mol. The van der Waals surface area contributed by atoms with Crippen LogP contribution in [-0.4, -0.2) is 19.0 Å². The second-order valence-corrected chi connectivity index (χ2v) is 2.02. The van der Waals surface area contributed by atoms with Gasteiger partial charge in [0.15, 0.2) is 0 Å². The van der Waals surface area contributed by atoms with Crippen molar-refractivity contribution in [3.63, 3.8) is 0 Å². The van der Waals surface area contributed by atoms with Gasteiger partial charge in [0.2, 0.25) is 6.29 Å². The van der Waals surface area contributed by atoms with E-state index in [2.05, 4.69) is 4.99 Å². The lowest BCUT2D eigenvalue weighted by molar-refractivity contribution is 0.556. The number of hydrogen-bond donors (Lipinski definition) is 0. The smallest absolute Gasteiger partial charge is 0.221 e. The minimum Gasteiger partial charge on any atom is -0.289 e. The van der Waals surface area contributed by atoms with E-state index in [9.17, 15) is 4.79 Å². The van der Waals surface area contributed by atoms with Gasteiger partial charge in [-0.25, -0.2) is 0 Å². The molecule has 0 spiro atoms. The average molecular weight is 146 g/mol. The van der Waals surface area contributed by atoms with Crippen molar-refractivity contribution in [3.05, 3.63) is 35.9 Å². The molecule has 0 N–H and O–H groups in total. The molecule has 0 aromatic heterocycles. The first-order chi connectivity index (χ1) is 5.43. The zero-order chi connectivity index (χ0) is 7.94. The number of benzene rings is 1. The fraction of sp³-hybridized carbons (Fsp3) is 0.111. The Hall–Kier alpha value is -1.44. The molecule has 1 aromatic rings. The van der Waals surface area contributed by atoms with Gasteiger partial charge in [-0.15, -0.1) is 0 Å². The SMILES string of the molecule is O=[C]CN=Cc1ccccc1. The van der Waals surface area contributed by atoms with Crippen LogP contribution >= 0.6 is 0 Å². The quantitative estimate of drug-likeness (QED) is 0.589. The van der Waals surface area contributed by atoms with E-state index in [1.54, 1.807) is 12.5 Å². The minimum absolute atomic E-state index is 0.120. The molecule has 0 amide bonds. The molecule has 1 rings (SSSR count). The molecule has 0 unspecified atom stereocenters. The number of nitrogens with zero attached hydrogens (tertiary/aromatic N) is 1. The monoisotopic (exact) mass is 146 g/mol. The van der Waals surface area contributed by atoms with Crippen molar-refractivity contribution >= 4 is 12.5 Å². The van der Waals surface area contributed by atoms with Crippen LogP contribution in [0.2, 0.25) is 0 Å². The third-order valence-electron chi connectivity index (χ3n) is 1.20. The van der Waals surface area contributed by atoms with Crippen LogP contribution in [0.1, 0.15) is 5.56 Å². The van der Waals surface area contributed by atoms with Gasteiger partial charge >= 0.3 is 0 Å². The molecule has 0 saturated heterocycles. The van der Waals surface area contributed by atoms with Gasteiger partial charge in [-0.3, -0.25) is 9.79 Å². The number of hydrogen-bond acceptors (Lipinski definition) is 2. The van der Waals surface area contributed by atoms with Crippen LogP contribution < -0.4 is 0 Å². The Morgan fingerprint density at radius 2 is 2.09 bits per heavy atom. The van der Waals surface area contributed by atoms with E-state index in [1.165, 1.54) is 0 Å². The lowest BCUT2D eigenvalue weighted by Crippen LogP contribution is -1.83. The van der Waals surface area contributed by atoms with Crippen molar-refractivity contribution in [1.29, 1.82) is 0 Å². The molecule has 0 aliphatic rings. The lowest BCUT2D eigenvalue weighted by atomic mass is 10.2. The Morgan fingerprint density at radius 1 is 1.36 bits per heavy atom. The Bertz CT molecular complexity index is 241. The van der Waals surface area contributed by atoms with E-state index in [1.807, 2.05) is 30.3 Å². The number of rotatable bonds is 3. The first-order valence-corrected chi connectivity index (χ1v) is 3.33. The summed E-state index contributed by atoms with van der Waals surface area (Å²) >= 11 is 0. The molecular formula is C9H8NO. The summed E-state index contributed by atoms with van der Waals surface area (Å²) in [5, 5.41) is 0. The molecule has 0 heterocycles. The zero-order valence-corrected chi connectivity index (χ0v) is 6.03. The summed E-state index contributed by atoms with van der Waals surface area (Å²) < 4.78 is 0. The molecule has 55 valence electrons. The van der Waals surface area contributed by atoms with Crippen molar-refractivity contribution in [1.82, 2.24) is 0 Å². The summed E-state index contributed by atoms with van der Waals surface area (Å²) in [6, 6.07) is 9.63. The molecule has 0 atom stereocenters. The molecule has 2 nitrogen and oxygen atoms in total. The topological polar surface area (TPSA) is 29.4 Å². The molecule has 0 aliphatic heterocycles. The molecule has 2 heteroatoms. The van der Waals surface area contributed by atoms with Crippen LogP contribution in [0.4, 0.5) is 0 Å². The van der Waals surface area contributed by atoms with Crippen LogP contribution in [0.5, 0.6) is 0 Å². The molecule has 0 bridgehead atoms. The Labute approximate surface area is 65.6 Å². The van der Waals surface area contributed by atoms with Crippen LogP contribution in [-0.2, 0) is 4.79 Å². The highest BCUT2D eigenvalue weighted by molar-refractivity contribution is 5.80. The first kappa shape index (κ1) is 7.66. The van der Waals surface area contributed by atoms with Gasteiger partial charge in [-0.1, -0.05) is 30.3 Å². The fourth-order valence-corrected chi connectivity index (χ4v) is 0.727. The van der Waals surface area contributed by atoms with Gasteiger partial charge < -0.3 is 0 Å². The Morgan fingerprint density at radius 3 is 2.73 bits per heavy atom. The lowest BCUT2D eigenvalue weighted by Gasteiger charge is -1.87. The first-order valence-electron chi connectivity index (χ1n) is 3.33. The van der Waals surface area contributed by atoms with Gasteiger partial charge in [0.1, 0.15) is 6.54 Å². The third-order valence-corrected chi connectivity index (χ3v) is 1.20. The van der Waals surface area contributed by atoms with Crippen LogP contribution in [0.3, 0.4) is 0 Å². The summed E-state index contributed by atoms with van der Waals surface area (Å²) in [7, 11) is 0. The number of carbonyl (C=O) groups excluding carboxylic acids is 1. The van der Waals surface area contributed by atoms with E-state index < -0.39 is 0 Å². The van der Waals surface area contributed by atoms with Gasteiger partial charge in [-0.2, -0.15) is 0 Å². The minimum atomic E-state index is 0.120. The molecule has 1 aromatic carbocycles. The molecule has 11 heavy (non-hydrogen) atoms. The standard InChI is InChI=1S/C9H8NO/c11-7-6-10-8-9-4-2-1-3-5-9/h1-5,8H,6H2. The molecule has 0 fully saturated rings. The normalized spacial score (nSPS) is 10.2. The van der Waals surface area contributed by atoms with Gasteiger partial charge in [0.25, 0.3) is 0 Å². The van der Waals surface area contributed by atoms with E-state index in [4.69, 9.17) is 0 Å². The van der Waals surface area contributed by atoms with E-state index in [-0.39, 0.29) is 6.54 Å². The highest BCUT2D eigenvalue weighted by Crippen LogP contribution is 1.93. The average Bonchev–Trinajstić information content (AvgIpc) is 2.07. The highest BCUT2D eigenvalue weighted by atomic mass is 16.1. The van der Waals surface area contributed by atoms with E-state index in [0.717, 1.165) is 5.56 Å². The maximum Gasteiger partial charge on any atom is 0.221 e. The van der Waals surface area contributed by atoms with Crippen LogP contribution in [0.25, 0.3) is 0 Å². The summed E-state index contributed by atoms with van der Waals surface area (Å²) in [6.07, 6.45) is 3.35.